The van der Waals surface area contributed by atoms with Crippen LogP contribution in [0.15, 0.2) is 52.6 Å². The molecule has 0 spiro atoms. The van der Waals surface area contributed by atoms with Crippen molar-refractivity contribution in [1.29, 1.82) is 0 Å². The van der Waals surface area contributed by atoms with Gasteiger partial charge in [-0.1, -0.05) is 11.6 Å². The first-order chi connectivity index (χ1) is 16.9. The van der Waals surface area contributed by atoms with Crippen LogP contribution < -0.4 is 16.6 Å². The minimum absolute atomic E-state index is 0.162. The van der Waals surface area contributed by atoms with Crippen LogP contribution >= 0.6 is 11.6 Å². The van der Waals surface area contributed by atoms with Crippen LogP contribution in [0.3, 0.4) is 0 Å². The zero-order chi connectivity index (χ0) is 24.9. The van der Waals surface area contributed by atoms with Crippen molar-refractivity contribution in [1.82, 2.24) is 29.0 Å². The van der Waals surface area contributed by atoms with E-state index in [2.05, 4.69) is 15.4 Å². The number of morpholine rings is 1. The van der Waals surface area contributed by atoms with E-state index in [9.17, 15) is 9.59 Å². The summed E-state index contributed by atoms with van der Waals surface area (Å²) in [4.78, 5) is 29.2. The molecule has 10 heteroatoms. The van der Waals surface area contributed by atoms with E-state index in [1.165, 1.54) is 27.7 Å². The van der Waals surface area contributed by atoms with Crippen LogP contribution in [0, 0.1) is 13.8 Å². The lowest BCUT2D eigenvalue weighted by atomic mass is 10.0. The molecule has 1 aliphatic rings. The van der Waals surface area contributed by atoms with Crippen LogP contribution in [-0.2, 0) is 17.8 Å². The SMILES string of the molecule is C1COCCN1.CCn1ccc(=O)n(Cc2cc3c(-c4cc(Cl)cc(C)c4C)ncnn3c2)c1=O. The van der Waals surface area contributed by atoms with Crippen molar-refractivity contribution in [2.45, 2.75) is 33.9 Å². The Morgan fingerprint density at radius 3 is 2.57 bits per heavy atom. The quantitative estimate of drug-likeness (QED) is 0.466. The molecule has 1 aliphatic heterocycles. The Balaban J connectivity index is 0.000000421. The van der Waals surface area contributed by atoms with Gasteiger partial charge < -0.3 is 14.6 Å². The number of halogens is 1. The predicted octanol–water partition coefficient (Wildman–Crippen LogP) is 2.66. The van der Waals surface area contributed by atoms with Crippen LogP contribution in [0.2, 0.25) is 5.02 Å². The van der Waals surface area contributed by atoms with Crippen molar-refractivity contribution >= 4 is 17.1 Å². The van der Waals surface area contributed by atoms with E-state index in [4.69, 9.17) is 16.3 Å². The van der Waals surface area contributed by atoms with Crippen LogP contribution in [0.1, 0.15) is 23.6 Å². The fourth-order valence-electron chi connectivity index (χ4n) is 3.98. The van der Waals surface area contributed by atoms with Gasteiger partial charge >= 0.3 is 5.69 Å². The van der Waals surface area contributed by atoms with Gasteiger partial charge in [-0.3, -0.25) is 9.36 Å². The number of hydrogen-bond acceptors (Lipinski definition) is 6. The molecule has 35 heavy (non-hydrogen) atoms. The van der Waals surface area contributed by atoms with E-state index in [0.717, 1.165) is 59.8 Å². The molecule has 0 saturated carbocycles. The average Bonchev–Trinajstić information content (AvgIpc) is 3.28. The molecule has 0 radical (unpaired) electrons. The molecule has 4 heterocycles. The van der Waals surface area contributed by atoms with Crippen LogP contribution in [0.5, 0.6) is 0 Å². The van der Waals surface area contributed by atoms with E-state index < -0.39 is 0 Å². The average molecular weight is 497 g/mol. The maximum atomic E-state index is 12.5. The largest absolute Gasteiger partial charge is 0.379 e. The Bertz CT molecular complexity index is 1440. The van der Waals surface area contributed by atoms with Gasteiger partial charge in [0.05, 0.1) is 31.0 Å². The summed E-state index contributed by atoms with van der Waals surface area (Å²) in [5.74, 6) is 0. The minimum atomic E-state index is -0.331. The normalized spacial score (nSPS) is 13.5. The molecule has 184 valence electrons. The fourth-order valence-corrected chi connectivity index (χ4v) is 4.25. The smallest absolute Gasteiger partial charge is 0.331 e. The lowest BCUT2D eigenvalue weighted by molar-refractivity contribution is 0.109. The van der Waals surface area contributed by atoms with E-state index >= 15 is 0 Å². The molecular formula is C25H29ClN6O3. The second kappa shape index (κ2) is 11.0. The number of aromatic nitrogens is 5. The number of benzene rings is 1. The van der Waals surface area contributed by atoms with Crippen molar-refractivity contribution in [3.05, 3.63) is 85.5 Å². The summed E-state index contributed by atoms with van der Waals surface area (Å²) in [5, 5.41) is 8.09. The van der Waals surface area contributed by atoms with Crippen molar-refractivity contribution in [2.24, 2.45) is 0 Å². The van der Waals surface area contributed by atoms with Crippen LogP contribution in [0.4, 0.5) is 0 Å². The van der Waals surface area contributed by atoms with Gasteiger partial charge in [0.2, 0.25) is 0 Å². The lowest BCUT2D eigenvalue weighted by Crippen LogP contribution is -2.38. The summed E-state index contributed by atoms with van der Waals surface area (Å²) in [6.45, 7) is 10.4. The van der Waals surface area contributed by atoms with E-state index in [0.29, 0.717) is 11.6 Å². The number of nitrogens with one attached hydrogen (secondary N) is 1. The molecule has 5 rings (SSSR count). The summed E-state index contributed by atoms with van der Waals surface area (Å²) >= 11 is 6.27. The van der Waals surface area contributed by atoms with Crippen molar-refractivity contribution in [3.63, 3.8) is 0 Å². The van der Waals surface area contributed by atoms with Crippen LogP contribution in [-0.4, -0.2) is 50.0 Å². The minimum Gasteiger partial charge on any atom is -0.379 e. The highest BCUT2D eigenvalue weighted by Gasteiger charge is 2.14. The van der Waals surface area contributed by atoms with E-state index in [1.54, 1.807) is 4.52 Å². The van der Waals surface area contributed by atoms with Crippen molar-refractivity contribution in [3.8, 4) is 11.3 Å². The highest BCUT2D eigenvalue weighted by atomic mass is 35.5. The summed E-state index contributed by atoms with van der Waals surface area (Å²) in [5.41, 5.74) is 4.75. The molecule has 3 aromatic heterocycles. The van der Waals surface area contributed by atoms with Crippen molar-refractivity contribution in [2.75, 3.05) is 26.3 Å². The molecule has 1 saturated heterocycles. The second-order valence-electron chi connectivity index (χ2n) is 8.35. The van der Waals surface area contributed by atoms with Crippen LogP contribution in [0.25, 0.3) is 16.8 Å². The summed E-state index contributed by atoms with van der Waals surface area (Å²) < 4.78 is 9.44. The van der Waals surface area contributed by atoms with Gasteiger partial charge in [-0.05, 0) is 55.7 Å². The first kappa shape index (κ1) is 24.8. The van der Waals surface area contributed by atoms with E-state index in [1.807, 2.05) is 45.2 Å². The molecule has 4 aromatic rings. The van der Waals surface area contributed by atoms with Gasteiger partial charge in [-0.25, -0.2) is 14.3 Å². The first-order valence-corrected chi connectivity index (χ1v) is 11.9. The zero-order valence-corrected chi connectivity index (χ0v) is 20.9. The number of ether oxygens (including phenoxy) is 1. The number of hydrogen-bond donors (Lipinski definition) is 1. The number of aryl methyl sites for hydroxylation is 2. The van der Waals surface area contributed by atoms with Crippen molar-refractivity contribution < 1.29 is 4.74 Å². The Hall–Kier alpha value is -3.27. The third kappa shape index (κ3) is 5.53. The third-order valence-electron chi connectivity index (χ3n) is 6.02. The molecule has 0 amide bonds. The molecule has 9 nitrogen and oxygen atoms in total. The highest BCUT2D eigenvalue weighted by molar-refractivity contribution is 6.31. The fraction of sp³-hybridized carbons (Fsp3) is 0.360. The molecular weight excluding hydrogens is 468 g/mol. The zero-order valence-electron chi connectivity index (χ0n) is 20.1. The van der Waals surface area contributed by atoms with Gasteiger partial charge in [-0.2, -0.15) is 5.10 Å². The molecule has 1 fully saturated rings. The molecule has 1 aromatic carbocycles. The Labute approximate surface area is 208 Å². The monoisotopic (exact) mass is 496 g/mol. The standard InChI is InChI=1S/C21H20ClN5O2.C4H9NO/c1-4-25-6-5-19(28)26(21(25)29)10-15-8-18-20(23-12-24-27(18)11-15)17-9-16(22)7-13(2)14(17)3;1-3-6-4-2-5-1/h5-9,11-12H,4,10H2,1-3H3;5H,1-4H2. The molecule has 1 N–H and O–H groups in total. The topological polar surface area (TPSA) is 95.4 Å². The number of rotatable bonds is 4. The maximum Gasteiger partial charge on any atom is 0.331 e. The Kier molecular flexibility index (Phi) is 7.80. The number of fused-ring (bicyclic) bond motifs is 1. The van der Waals surface area contributed by atoms with E-state index in [-0.39, 0.29) is 17.8 Å². The Morgan fingerprint density at radius 2 is 1.91 bits per heavy atom. The summed E-state index contributed by atoms with van der Waals surface area (Å²) in [7, 11) is 0. The lowest BCUT2D eigenvalue weighted by Gasteiger charge is -2.10. The molecule has 0 unspecified atom stereocenters. The van der Waals surface area contributed by atoms with Gasteiger partial charge in [-0.15, -0.1) is 0 Å². The Morgan fingerprint density at radius 1 is 1.14 bits per heavy atom. The summed E-state index contributed by atoms with van der Waals surface area (Å²) in [6.07, 6.45) is 4.81. The molecule has 0 bridgehead atoms. The highest BCUT2D eigenvalue weighted by Crippen LogP contribution is 2.31. The summed E-state index contributed by atoms with van der Waals surface area (Å²) in [6, 6.07) is 7.12. The van der Waals surface area contributed by atoms with Gasteiger partial charge in [0.15, 0.2) is 0 Å². The third-order valence-corrected chi connectivity index (χ3v) is 6.24. The predicted molar refractivity (Wildman–Crippen MR) is 136 cm³/mol. The molecule has 0 aliphatic carbocycles. The first-order valence-electron chi connectivity index (χ1n) is 11.6. The van der Waals surface area contributed by atoms with Gasteiger partial charge in [0.1, 0.15) is 6.33 Å². The van der Waals surface area contributed by atoms with Gasteiger partial charge in [0, 0.05) is 48.7 Å². The maximum absolute atomic E-state index is 12.5. The number of nitrogens with zero attached hydrogens (tertiary/aromatic N) is 5. The van der Waals surface area contributed by atoms with Gasteiger partial charge in [0.25, 0.3) is 5.56 Å². The molecule has 0 atom stereocenters. The second-order valence-corrected chi connectivity index (χ2v) is 8.79.